The molecule has 102 valence electrons. The Labute approximate surface area is 116 Å². The molecule has 2 aromatic rings. The van der Waals surface area contributed by atoms with Crippen LogP contribution in [-0.2, 0) is 0 Å². The van der Waals surface area contributed by atoms with Gasteiger partial charge < -0.3 is 11.1 Å². The van der Waals surface area contributed by atoms with E-state index in [4.69, 9.17) is 5.73 Å². The summed E-state index contributed by atoms with van der Waals surface area (Å²) in [6, 6.07) is 9.74. The second-order valence-electron chi connectivity index (χ2n) is 6.14. The molecule has 5 heteroatoms. The zero-order valence-corrected chi connectivity index (χ0v) is 11.0. The van der Waals surface area contributed by atoms with Crippen molar-refractivity contribution in [2.24, 2.45) is 5.73 Å². The summed E-state index contributed by atoms with van der Waals surface area (Å²) in [4.78, 5) is 12.2. The van der Waals surface area contributed by atoms with E-state index in [1.165, 1.54) is 0 Å². The number of amides is 1. The van der Waals surface area contributed by atoms with Crippen molar-refractivity contribution in [2.45, 2.75) is 30.3 Å². The number of nitrogens with two attached hydrogens (primary N) is 1. The molecular formula is C15H16N4O. The molecule has 5 nitrogen and oxygen atoms in total. The summed E-state index contributed by atoms with van der Waals surface area (Å²) in [5.74, 6) is -0.0612. The number of nitrogens with one attached hydrogen (secondary N) is 1. The van der Waals surface area contributed by atoms with Gasteiger partial charge in [-0.05, 0) is 31.4 Å². The third kappa shape index (κ3) is 1.67. The number of hydrogen-bond acceptors (Lipinski definition) is 3. The largest absolute Gasteiger partial charge is 0.346 e. The zero-order chi connectivity index (χ0) is 13.8. The molecule has 1 heterocycles. The van der Waals surface area contributed by atoms with E-state index < -0.39 is 0 Å². The monoisotopic (exact) mass is 268 g/mol. The third-order valence-corrected chi connectivity index (χ3v) is 4.32. The summed E-state index contributed by atoms with van der Waals surface area (Å²) in [6.45, 7) is 0. The predicted molar refractivity (Wildman–Crippen MR) is 74.5 cm³/mol. The lowest BCUT2D eigenvalue weighted by molar-refractivity contribution is -0.0712. The minimum atomic E-state index is -0.0612. The van der Waals surface area contributed by atoms with Crippen molar-refractivity contribution < 1.29 is 4.79 Å². The van der Waals surface area contributed by atoms with E-state index >= 15 is 0 Å². The SMILES string of the molecule is NC12CC(NC(=O)c3cnn(-c4ccccc4)c3)(C1)C2. The average Bonchev–Trinajstić information content (AvgIpc) is 2.86. The minimum absolute atomic E-state index is 0.00149. The first kappa shape index (κ1) is 11.7. The van der Waals surface area contributed by atoms with Crippen LogP contribution in [0.5, 0.6) is 0 Å². The lowest BCUT2D eigenvalue weighted by Gasteiger charge is -2.68. The minimum Gasteiger partial charge on any atom is -0.346 e. The molecule has 0 spiro atoms. The first-order chi connectivity index (χ1) is 9.58. The Hall–Kier alpha value is -2.14. The highest BCUT2D eigenvalue weighted by molar-refractivity contribution is 5.94. The van der Waals surface area contributed by atoms with E-state index in [0.29, 0.717) is 5.56 Å². The van der Waals surface area contributed by atoms with Crippen LogP contribution in [0.2, 0.25) is 0 Å². The highest BCUT2D eigenvalue weighted by Gasteiger charge is 2.66. The van der Waals surface area contributed by atoms with Crippen LogP contribution in [0.25, 0.3) is 5.69 Å². The fourth-order valence-corrected chi connectivity index (χ4v) is 3.47. The first-order valence-electron chi connectivity index (χ1n) is 6.79. The van der Waals surface area contributed by atoms with E-state index in [0.717, 1.165) is 24.9 Å². The molecule has 0 saturated heterocycles. The van der Waals surface area contributed by atoms with Crippen LogP contribution in [0.15, 0.2) is 42.7 Å². The second kappa shape index (κ2) is 3.70. The van der Waals surface area contributed by atoms with Gasteiger partial charge in [-0.3, -0.25) is 4.79 Å². The molecule has 3 saturated carbocycles. The molecule has 3 aliphatic rings. The molecule has 20 heavy (non-hydrogen) atoms. The van der Waals surface area contributed by atoms with Gasteiger partial charge in [0.25, 0.3) is 5.91 Å². The highest BCUT2D eigenvalue weighted by Crippen LogP contribution is 2.58. The van der Waals surface area contributed by atoms with Crippen LogP contribution in [0, 0.1) is 0 Å². The Morgan fingerprint density at radius 3 is 2.60 bits per heavy atom. The lowest BCUT2D eigenvalue weighted by atomic mass is 9.44. The number of rotatable bonds is 3. The maximum Gasteiger partial charge on any atom is 0.254 e. The molecular weight excluding hydrogens is 252 g/mol. The van der Waals surface area contributed by atoms with Gasteiger partial charge in [-0.15, -0.1) is 0 Å². The second-order valence-corrected chi connectivity index (χ2v) is 6.14. The Bertz CT molecular complexity index is 656. The summed E-state index contributed by atoms with van der Waals surface area (Å²) in [6.07, 6.45) is 6.07. The number of carbonyl (C=O) groups is 1. The smallest absolute Gasteiger partial charge is 0.254 e. The van der Waals surface area contributed by atoms with E-state index in [2.05, 4.69) is 10.4 Å². The van der Waals surface area contributed by atoms with Gasteiger partial charge in [-0.1, -0.05) is 18.2 Å². The maximum atomic E-state index is 12.2. The lowest BCUT2D eigenvalue weighted by Crippen LogP contribution is -2.82. The molecule has 1 aromatic heterocycles. The Kier molecular flexibility index (Phi) is 2.16. The van der Waals surface area contributed by atoms with Crippen molar-refractivity contribution in [3.8, 4) is 5.69 Å². The molecule has 3 fully saturated rings. The molecule has 0 aliphatic heterocycles. The third-order valence-electron chi connectivity index (χ3n) is 4.32. The standard InChI is InChI=1S/C15H16N4O/c16-14-8-15(9-14,10-14)18-13(20)11-6-17-19(7-11)12-4-2-1-3-5-12/h1-7H,8-10,16H2,(H,18,20). The summed E-state index contributed by atoms with van der Waals surface area (Å²) in [5, 5.41) is 7.33. The average molecular weight is 268 g/mol. The summed E-state index contributed by atoms with van der Waals surface area (Å²) in [7, 11) is 0. The van der Waals surface area contributed by atoms with Crippen molar-refractivity contribution in [3.05, 3.63) is 48.3 Å². The molecule has 1 aromatic carbocycles. The van der Waals surface area contributed by atoms with E-state index in [1.54, 1.807) is 17.1 Å². The summed E-state index contributed by atoms with van der Waals surface area (Å²) >= 11 is 0. The van der Waals surface area contributed by atoms with E-state index in [1.807, 2.05) is 30.3 Å². The van der Waals surface area contributed by atoms with Crippen LogP contribution in [0.1, 0.15) is 29.6 Å². The van der Waals surface area contributed by atoms with Gasteiger partial charge in [0.2, 0.25) is 0 Å². The van der Waals surface area contributed by atoms with Gasteiger partial charge in [0.1, 0.15) is 0 Å². The summed E-state index contributed by atoms with van der Waals surface area (Å²) < 4.78 is 1.71. The Morgan fingerprint density at radius 2 is 1.95 bits per heavy atom. The molecule has 1 amide bonds. The van der Waals surface area contributed by atoms with Crippen molar-refractivity contribution in [3.63, 3.8) is 0 Å². The molecule has 0 atom stereocenters. The van der Waals surface area contributed by atoms with Crippen LogP contribution < -0.4 is 11.1 Å². The number of benzene rings is 1. The van der Waals surface area contributed by atoms with E-state index in [9.17, 15) is 4.79 Å². The van der Waals surface area contributed by atoms with Crippen LogP contribution in [0.3, 0.4) is 0 Å². The van der Waals surface area contributed by atoms with Gasteiger partial charge in [0.15, 0.2) is 0 Å². The van der Waals surface area contributed by atoms with Crippen LogP contribution in [0.4, 0.5) is 0 Å². The fraction of sp³-hybridized carbons (Fsp3) is 0.333. The van der Waals surface area contributed by atoms with Crippen molar-refractivity contribution in [1.82, 2.24) is 15.1 Å². The molecule has 0 unspecified atom stereocenters. The maximum absolute atomic E-state index is 12.2. The predicted octanol–water partition coefficient (Wildman–Crippen LogP) is 1.24. The van der Waals surface area contributed by atoms with Crippen molar-refractivity contribution in [1.29, 1.82) is 0 Å². The number of hydrogen-bond donors (Lipinski definition) is 2. The zero-order valence-electron chi connectivity index (χ0n) is 11.0. The van der Waals surface area contributed by atoms with Crippen LogP contribution >= 0.6 is 0 Å². The van der Waals surface area contributed by atoms with Crippen LogP contribution in [-0.4, -0.2) is 26.8 Å². The topological polar surface area (TPSA) is 72.9 Å². The van der Waals surface area contributed by atoms with Gasteiger partial charge in [-0.25, -0.2) is 4.68 Å². The number of carbonyl (C=O) groups excluding carboxylic acids is 1. The fourth-order valence-electron chi connectivity index (χ4n) is 3.47. The number of aromatic nitrogens is 2. The highest BCUT2D eigenvalue weighted by atomic mass is 16.1. The molecule has 5 rings (SSSR count). The molecule has 3 N–H and O–H groups in total. The van der Waals surface area contributed by atoms with Gasteiger partial charge >= 0.3 is 0 Å². The molecule has 2 bridgehead atoms. The first-order valence-corrected chi connectivity index (χ1v) is 6.79. The number of nitrogens with zero attached hydrogens (tertiary/aromatic N) is 2. The quantitative estimate of drug-likeness (QED) is 0.879. The van der Waals surface area contributed by atoms with Gasteiger partial charge in [0, 0.05) is 17.3 Å². The van der Waals surface area contributed by atoms with Crippen molar-refractivity contribution >= 4 is 5.91 Å². The van der Waals surface area contributed by atoms with Crippen molar-refractivity contribution in [2.75, 3.05) is 0 Å². The molecule has 0 radical (unpaired) electrons. The summed E-state index contributed by atoms with van der Waals surface area (Å²) in [5.41, 5.74) is 7.49. The Balaban J connectivity index is 1.49. The normalized spacial score (nSPS) is 30.2. The van der Waals surface area contributed by atoms with Gasteiger partial charge in [0.05, 0.1) is 17.4 Å². The molecule has 3 aliphatic carbocycles. The van der Waals surface area contributed by atoms with Gasteiger partial charge in [-0.2, -0.15) is 5.10 Å². The number of para-hydroxylation sites is 1. The van der Waals surface area contributed by atoms with E-state index in [-0.39, 0.29) is 17.0 Å². The Morgan fingerprint density at radius 1 is 1.25 bits per heavy atom.